The summed E-state index contributed by atoms with van der Waals surface area (Å²) >= 11 is 0. The van der Waals surface area contributed by atoms with Gasteiger partial charge in [-0.25, -0.2) is 4.39 Å². The molecule has 0 spiro atoms. The van der Waals surface area contributed by atoms with Crippen molar-refractivity contribution >= 4 is 23.3 Å². The van der Waals surface area contributed by atoms with Crippen LogP contribution in [0.5, 0.6) is 0 Å². The third kappa shape index (κ3) is 2.98. The number of halogens is 1. The summed E-state index contributed by atoms with van der Waals surface area (Å²) in [4.78, 5) is 16.1. The van der Waals surface area contributed by atoms with Crippen LogP contribution in [0.1, 0.15) is 36.9 Å². The van der Waals surface area contributed by atoms with E-state index in [0.717, 1.165) is 52.4 Å². The first kappa shape index (κ1) is 15.7. The van der Waals surface area contributed by atoms with Gasteiger partial charge in [0.05, 0.1) is 11.2 Å². The second kappa shape index (κ2) is 6.25. The number of aldehydes is 1. The average Bonchev–Trinajstić information content (AvgIpc) is 3.47. The molecule has 2 nitrogen and oxygen atoms in total. The second-order valence-corrected chi connectivity index (χ2v) is 6.59. The van der Waals surface area contributed by atoms with Crippen molar-refractivity contribution in [3.63, 3.8) is 0 Å². The maximum Gasteiger partial charge on any atom is 0.145 e. The molecule has 0 N–H and O–H groups in total. The maximum absolute atomic E-state index is 13.4. The number of pyridine rings is 1. The standard InChI is InChI=1S/C22H18FNO/c1-14(13-25)12-19-21(15-8-10-17(23)11-9-15)18-4-2-3-5-20(18)24-22(19)16-6-7-16/h2-5,8-13,16H,6-7H2,1H3. The van der Waals surface area contributed by atoms with Gasteiger partial charge in [0.25, 0.3) is 0 Å². The van der Waals surface area contributed by atoms with E-state index < -0.39 is 0 Å². The van der Waals surface area contributed by atoms with Crippen LogP contribution in [0.25, 0.3) is 28.1 Å². The van der Waals surface area contributed by atoms with Gasteiger partial charge in [-0.1, -0.05) is 30.3 Å². The van der Waals surface area contributed by atoms with Gasteiger partial charge >= 0.3 is 0 Å². The lowest BCUT2D eigenvalue weighted by atomic mass is 9.92. The normalized spacial score (nSPS) is 14.7. The fraction of sp³-hybridized carbons (Fsp3) is 0.182. The van der Waals surface area contributed by atoms with Crippen LogP contribution in [0.15, 0.2) is 54.1 Å². The van der Waals surface area contributed by atoms with Gasteiger partial charge in [0, 0.05) is 22.4 Å². The molecule has 0 amide bonds. The Labute approximate surface area is 146 Å². The molecular formula is C22H18FNO. The Bertz CT molecular complexity index is 985. The van der Waals surface area contributed by atoms with E-state index in [1.807, 2.05) is 30.3 Å². The van der Waals surface area contributed by atoms with E-state index in [2.05, 4.69) is 0 Å². The number of nitrogens with zero attached hydrogens (tertiary/aromatic N) is 1. The Kier molecular flexibility index (Phi) is 3.92. The monoisotopic (exact) mass is 331 g/mol. The van der Waals surface area contributed by atoms with Crippen molar-refractivity contribution in [3.05, 3.63) is 71.2 Å². The number of carbonyl (C=O) groups is 1. The summed E-state index contributed by atoms with van der Waals surface area (Å²) in [5.41, 5.74) is 5.57. The van der Waals surface area contributed by atoms with Gasteiger partial charge in [-0.15, -0.1) is 0 Å². The minimum absolute atomic E-state index is 0.259. The minimum Gasteiger partial charge on any atom is -0.298 e. The average molecular weight is 331 g/mol. The molecule has 1 aromatic heterocycles. The van der Waals surface area contributed by atoms with Gasteiger partial charge in [0.2, 0.25) is 0 Å². The molecule has 0 aliphatic heterocycles. The summed E-state index contributed by atoms with van der Waals surface area (Å²) in [6, 6.07) is 14.5. The van der Waals surface area contributed by atoms with Crippen molar-refractivity contribution < 1.29 is 9.18 Å². The van der Waals surface area contributed by atoms with Gasteiger partial charge in [-0.05, 0) is 55.2 Å². The first-order valence-electron chi connectivity index (χ1n) is 8.49. The van der Waals surface area contributed by atoms with Gasteiger partial charge in [0.1, 0.15) is 12.1 Å². The number of allylic oxidation sites excluding steroid dienone is 1. The Morgan fingerprint density at radius 2 is 1.84 bits per heavy atom. The molecule has 1 heterocycles. The molecule has 2 aromatic carbocycles. The highest BCUT2D eigenvalue weighted by Crippen LogP contribution is 2.45. The van der Waals surface area contributed by atoms with Crippen LogP contribution < -0.4 is 0 Å². The van der Waals surface area contributed by atoms with Crippen molar-refractivity contribution in [3.8, 4) is 11.1 Å². The van der Waals surface area contributed by atoms with E-state index in [-0.39, 0.29) is 5.82 Å². The van der Waals surface area contributed by atoms with Crippen LogP contribution in [0, 0.1) is 5.82 Å². The highest BCUT2D eigenvalue weighted by atomic mass is 19.1. The molecule has 0 atom stereocenters. The molecule has 1 aliphatic rings. The molecule has 1 saturated carbocycles. The van der Waals surface area contributed by atoms with Gasteiger partial charge in [0.15, 0.2) is 0 Å². The number of para-hydroxylation sites is 1. The van der Waals surface area contributed by atoms with E-state index >= 15 is 0 Å². The van der Waals surface area contributed by atoms with Crippen molar-refractivity contribution in [2.75, 3.05) is 0 Å². The van der Waals surface area contributed by atoms with E-state index in [0.29, 0.717) is 11.5 Å². The highest BCUT2D eigenvalue weighted by Gasteiger charge is 2.29. The molecule has 25 heavy (non-hydrogen) atoms. The first-order chi connectivity index (χ1) is 12.2. The van der Waals surface area contributed by atoms with Gasteiger partial charge in [-0.2, -0.15) is 0 Å². The largest absolute Gasteiger partial charge is 0.298 e. The number of aromatic nitrogens is 1. The van der Waals surface area contributed by atoms with Crippen molar-refractivity contribution in [2.24, 2.45) is 0 Å². The number of hydrogen-bond acceptors (Lipinski definition) is 2. The van der Waals surface area contributed by atoms with Crippen LogP contribution in [-0.4, -0.2) is 11.3 Å². The predicted octanol–water partition coefficient (Wildman–Crippen LogP) is 5.52. The van der Waals surface area contributed by atoms with Gasteiger partial charge < -0.3 is 0 Å². The number of rotatable bonds is 4. The fourth-order valence-electron chi connectivity index (χ4n) is 3.25. The summed E-state index contributed by atoms with van der Waals surface area (Å²) in [5.74, 6) is 0.181. The third-order valence-electron chi connectivity index (χ3n) is 4.61. The Hall–Kier alpha value is -2.81. The predicted molar refractivity (Wildman–Crippen MR) is 98.8 cm³/mol. The highest BCUT2D eigenvalue weighted by molar-refractivity contribution is 6.00. The molecule has 3 aromatic rings. The smallest absolute Gasteiger partial charge is 0.145 e. The SMILES string of the molecule is CC(C=O)=Cc1c(C2CC2)nc2ccccc2c1-c1ccc(F)cc1. The number of carbonyl (C=O) groups excluding carboxylic acids is 1. The molecule has 0 saturated heterocycles. The van der Waals surface area contributed by atoms with Crippen LogP contribution in [0.3, 0.4) is 0 Å². The maximum atomic E-state index is 13.4. The lowest BCUT2D eigenvalue weighted by molar-refractivity contribution is -0.104. The number of fused-ring (bicyclic) bond motifs is 1. The van der Waals surface area contributed by atoms with E-state index in [1.165, 1.54) is 12.1 Å². The number of benzene rings is 2. The zero-order chi connectivity index (χ0) is 17.4. The van der Waals surface area contributed by atoms with Crippen LogP contribution in [0.4, 0.5) is 4.39 Å². The Morgan fingerprint density at radius 1 is 1.12 bits per heavy atom. The Morgan fingerprint density at radius 3 is 2.52 bits per heavy atom. The van der Waals surface area contributed by atoms with Crippen LogP contribution in [0.2, 0.25) is 0 Å². The van der Waals surface area contributed by atoms with Crippen LogP contribution >= 0.6 is 0 Å². The van der Waals surface area contributed by atoms with Crippen molar-refractivity contribution in [1.82, 2.24) is 4.98 Å². The lowest BCUT2D eigenvalue weighted by Crippen LogP contribution is -1.99. The lowest BCUT2D eigenvalue weighted by Gasteiger charge is -2.16. The zero-order valence-corrected chi connectivity index (χ0v) is 14.0. The summed E-state index contributed by atoms with van der Waals surface area (Å²) in [7, 11) is 0. The van der Waals surface area contributed by atoms with Crippen LogP contribution in [-0.2, 0) is 4.79 Å². The fourth-order valence-corrected chi connectivity index (χ4v) is 3.25. The molecular weight excluding hydrogens is 313 g/mol. The summed E-state index contributed by atoms with van der Waals surface area (Å²) in [6.45, 7) is 1.80. The Balaban J connectivity index is 2.10. The van der Waals surface area contributed by atoms with Crippen molar-refractivity contribution in [2.45, 2.75) is 25.7 Å². The van der Waals surface area contributed by atoms with E-state index in [4.69, 9.17) is 4.98 Å². The van der Waals surface area contributed by atoms with Gasteiger partial charge in [-0.3, -0.25) is 9.78 Å². The minimum atomic E-state index is -0.259. The second-order valence-electron chi connectivity index (χ2n) is 6.59. The number of hydrogen-bond donors (Lipinski definition) is 0. The summed E-state index contributed by atoms with van der Waals surface area (Å²) in [6.07, 6.45) is 5.02. The zero-order valence-electron chi connectivity index (χ0n) is 14.0. The van der Waals surface area contributed by atoms with E-state index in [9.17, 15) is 9.18 Å². The molecule has 124 valence electrons. The first-order valence-corrected chi connectivity index (χ1v) is 8.49. The summed E-state index contributed by atoms with van der Waals surface area (Å²) < 4.78 is 13.4. The quantitative estimate of drug-likeness (QED) is 0.465. The molecule has 4 rings (SSSR count). The molecule has 3 heteroatoms. The van der Waals surface area contributed by atoms with Crippen molar-refractivity contribution in [1.29, 1.82) is 0 Å². The third-order valence-corrected chi connectivity index (χ3v) is 4.61. The molecule has 0 unspecified atom stereocenters. The van der Waals surface area contributed by atoms with E-state index in [1.54, 1.807) is 19.1 Å². The molecule has 1 fully saturated rings. The molecule has 0 radical (unpaired) electrons. The summed E-state index contributed by atoms with van der Waals surface area (Å²) in [5, 5.41) is 1.02. The topological polar surface area (TPSA) is 30.0 Å². The molecule has 1 aliphatic carbocycles. The molecule has 0 bridgehead atoms.